The molecule has 0 saturated carbocycles. The number of carbonyl (C=O) groups is 2. The molecule has 1 aromatic carbocycles. The molecule has 1 saturated heterocycles. The fourth-order valence-electron chi connectivity index (χ4n) is 2.76. The summed E-state index contributed by atoms with van der Waals surface area (Å²) in [6.45, 7) is 2.16. The summed E-state index contributed by atoms with van der Waals surface area (Å²) in [6, 6.07) is 7.56. The molecule has 0 bridgehead atoms. The van der Waals surface area contributed by atoms with Crippen molar-refractivity contribution in [3.05, 3.63) is 29.8 Å². The van der Waals surface area contributed by atoms with Crippen LogP contribution in [0.4, 0.5) is 0 Å². The first-order valence-electron chi connectivity index (χ1n) is 7.14. The lowest BCUT2D eigenvalue weighted by atomic mass is 9.98. The van der Waals surface area contributed by atoms with E-state index in [0.717, 1.165) is 17.7 Å². The minimum atomic E-state index is -1.04. The third-order valence-corrected chi connectivity index (χ3v) is 4.19. The number of aryl methyl sites for hydroxylation is 1. The third-order valence-electron chi connectivity index (χ3n) is 4.19. The Morgan fingerprint density at radius 3 is 2.57 bits per heavy atom. The highest BCUT2D eigenvalue weighted by Gasteiger charge is 2.45. The van der Waals surface area contributed by atoms with Gasteiger partial charge < -0.3 is 14.7 Å². The fraction of sp³-hybridized carbons (Fsp3) is 0.500. The van der Waals surface area contributed by atoms with Crippen LogP contribution in [0.2, 0.25) is 0 Å². The summed E-state index contributed by atoms with van der Waals surface area (Å²) in [5, 5.41) is 9.33. The molecule has 0 aliphatic carbocycles. The van der Waals surface area contributed by atoms with Crippen molar-refractivity contribution in [2.45, 2.75) is 38.1 Å². The average Bonchev–Trinajstić information content (AvgIpc) is 2.89. The molecule has 5 heteroatoms. The van der Waals surface area contributed by atoms with Crippen LogP contribution < -0.4 is 4.74 Å². The van der Waals surface area contributed by atoms with Gasteiger partial charge in [0.1, 0.15) is 11.3 Å². The maximum atomic E-state index is 12.3. The molecule has 0 spiro atoms. The van der Waals surface area contributed by atoms with Crippen molar-refractivity contribution in [3.63, 3.8) is 0 Å². The van der Waals surface area contributed by atoms with Gasteiger partial charge in [-0.05, 0) is 43.9 Å². The van der Waals surface area contributed by atoms with Gasteiger partial charge in [-0.1, -0.05) is 12.1 Å². The number of ether oxygens (including phenoxy) is 1. The Labute approximate surface area is 124 Å². The summed E-state index contributed by atoms with van der Waals surface area (Å²) in [4.78, 5) is 25.2. The monoisotopic (exact) mass is 291 g/mol. The number of likely N-dealkylation sites (tertiary alicyclic amines) is 1. The number of rotatable bonds is 5. The summed E-state index contributed by atoms with van der Waals surface area (Å²) < 4.78 is 5.09. The van der Waals surface area contributed by atoms with E-state index < -0.39 is 11.5 Å². The second-order valence-corrected chi connectivity index (χ2v) is 5.58. The van der Waals surface area contributed by atoms with Gasteiger partial charge >= 0.3 is 5.97 Å². The molecular weight excluding hydrogens is 270 g/mol. The lowest BCUT2D eigenvalue weighted by Gasteiger charge is -2.31. The van der Waals surface area contributed by atoms with E-state index in [2.05, 4.69) is 0 Å². The smallest absolute Gasteiger partial charge is 0.329 e. The minimum Gasteiger partial charge on any atom is -0.497 e. The van der Waals surface area contributed by atoms with Crippen molar-refractivity contribution in [3.8, 4) is 5.75 Å². The zero-order chi connectivity index (χ0) is 15.5. The second-order valence-electron chi connectivity index (χ2n) is 5.58. The van der Waals surface area contributed by atoms with Crippen LogP contribution in [0, 0.1) is 0 Å². The predicted octanol–water partition coefficient (Wildman–Crippen LogP) is 2.09. The van der Waals surface area contributed by atoms with Gasteiger partial charge in [0.05, 0.1) is 7.11 Å². The van der Waals surface area contributed by atoms with Gasteiger partial charge in [0, 0.05) is 13.0 Å². The van der Waals surface area contributed by atoms with Crippen LogP contribution in [0.3, 0.4) is 0 Å². The summed E-state index contributed by atoms with van der Waals surface area (Å²) in [6.07, 6.45) is 2.21. The van der Waals surface area contributed by atoms with Gasteiger partial charge in [-0.3, -0.25) is 4.79 Å². The molecule has 2 rings (SSSR count). The molecule has 0 radical (unpaired) electrons. The quantitative estimate of drug-likeness (QED) is 0.902. The number of hydrogen-bond donors (Lipinski definition) is 1. The van der Waals surface area contributed by atoms with Gasteiger partial charge in [0.25, 0.3) is 0 Å². The standard InChI is InChI=1S/C16H21NO4/c1-16(15(19)20)10-3-11-17(16)14(18)9-6-12-4-7-13(21-2)8-5-12/h4-5,7-8H,3,6,9-11H2,1-2H3,(H,19,20). The van der Waals surface area contributed by atoms with E-state index in [-0.39, 0.29) is 5.91 Å². The number of carboxylic acids is 1. The Morgan fingerprint density at radius 2 is 2.00 bits per heavy atom. The van der Waals surface area contributed by atoms with E-state index in [4.69, 9.17) is 4.74 Å². The van der Waals surface area contributed by atoms with E-state index in [1.807, 2.05) is 24.3 Å². The number of benzene rings is 1. The SMILES string of the molecule is COc1ccc(CCC(=O)N2CCCC2(C)C(=O)O)cc1. The second kappa shape index (κ2) is 6.16. The molecule has 1 unspecified atom stereocenters. The van der Waals surface area contributed by atoms with E-state index >= 15 is 0 Å². The lowest BCUT2D eigenvalue weighted by Crippen LogP contribution is -2.50. The van der Waals surface area contributed by atoms with Crippen LogP contribution in [0.1, 0.15) is 31.7 Å². The van der Waals surface area contributed by atoms with Crippen molar-refractivity contribution < 1.29 is 19.4 Å². The van der Waals surface area contributed by atoms with Crippen LogP contribution in [-0.2, 0) is 16.0 Å². The van der Waals surface area contributed by atoms with Gasteiger partial charge in [0.15, 0.2) is 0 Å². The minimum absolute atomic E-state index is 0.0896. The normalized spacial score (nSPS) is 21.3. The Morgan fingerprint density at radius 1 is 1.33 bits per heavy atom. The predicted molar refractivity (Wildman–Crippen MR) is 78.3 cm³/mol. The molecule has 21 heavy (non-hydrogen) atoms. The van der Waals surface area contributed by atoms with Crippen molar-refractivity contribution >= 4 is 11.9 Å². The number of carbonyl (C=O) groups excluding carboxylic acids is 1. The van der Waals surface area contributed by atoms with E-state index in [9.17, 15) is 14.7 Å². The lowest BCUT2D eigenvalue weighted by molar-refractivity contribution is -0.155. The molecule has 5 nitrogen and oxygen atoms in total. The number of nitrogens with zero attached hydrogens (tertiary/aromatic N) is 1. The maximum Gasteiger partial charge on any atom is 0.329 e. The zero-order valence-corrected chi connectivity index (χ0v) is 12.5. The van der Waals surface area contributed by atoms with Crippen LogP contribution in [0.5, 0.6) is 5.75 Å². The van der Waals surface area contributed by atoms with Crippen molar-refractivity contribution in [2.75, 3.05) is 13.7 Å². The summed E-state index contributed by atoms with van der Waals surface area (Å²) >= 11 is 0. The van der Waals surface area contributed by atoms with E-state index in [1.165, 1.54) is 4.90 Å². The highest BCUT2D eigenvalue weighted by Crippen LogP contribution is 2.30. The first kappa shape index (κ1) is 15.4. The van der Waals surface area contributed by atoms with Crippen LogP contribution >= 0.6 is 0 Å². The third kappa shape index (κ3) is 3.17. The van der Waals surface area contributed by atoms with Crippen molar-refractivity contribution in [1.82, 2.24) is 4.90 Å². The van der Waals surface area contributed by atoms with Gasteiger partial charge in [0.2, 0.25) is 5.91 Å². The number of methoxy groups -OCH3 is 1. The molecule has 1 amide bonds. The van der Waals surface area contributed by atoms with Gasteiger partial charge in [-0.2, -0.15) is 0 Å². The molecule has 1 atom stereocenters. The number of amides is 1. The first-order valence-corrected chi connectivity index (χ1v) is 7.14. The molecule has 1 heterocycles. The first-order chi connectivity index (χ1) is 9.97. The summed E-state index contributed by atoms with van der Waals surface area (Å²) in [7, 11) is 1.61. The van der Waals surface area contributed by atoms with E-state index in [1.54, 1.807) is 14.0 Å². The van der Waals surface area contributed by atoms with Crippen LogP contribution in [0.25, 0.3) is 0 Å². The van der Waals surface area contributed by atoms with Crippen LogP contribution in [-0.4, -0.2) is 41.1 Å². The molecule has 114 valence electrons. The molecule has 1 fully saturated rings. The number of hydrogen-bond acceptors (Lipinski definition) is 3. The molecule has 0 aromatic heterocycles. The van der Waals surface area contributed by atoms with Crippen molar-refractivity contribution in [1.29, 1.82) is 0 Å². The molecule has 1 aliphatic rings. The highest BCUT2D eigenvalue weighted by molar-refractivity contribution is 5.87. The summed E-state index contributed by atoms with van der Waals surface area (Å²) in [5.74, 6) is -0.228. The number of aliphatic carboxylic acids is 1. The Kier molecular flexibility index (Phi) is 4.50. The topological polar surface area (TPSA) is 66.8 Å². The van der Waals surface area contributed by atoms with Gasteiger partial charge in [-0.15, -0.1) is 0 Å². The van der Waals surface area contributed by atoms with E-state index in [0.29, 0.717) is 25.8 Å². The largest absolute Gasteiger partial charge is 0.497 e. The maximum absolute atomic E-state index is 12.3. The van der Waals surface area contributed by atoms with Crippen molar-refractivity contribution in [2.24, 2.45) is 0 Å². The van der Waals surface area contributed by atoms with Gasteiger partial charge in [-0.25, -0.2) is 4.79 Å². The number of carboxylic acid groups (broad SMARTS) is 1. The molecule has 1 aliphatic heterocycles. The highest BCUT2D eigenvalue weighted by atomic mass is 16.5. The molecule has 1 N–H and O–H groups in total. The Bertz CT molecular complexity index is 526. The van der Waals surface area contributed by atoms with Crippen LogP contribution in [0.15, 0.2) is 24.3 Å². The molecular formula is C16H21NO4. The Balaban J connectivity index is 1.96. The fourth-order valence-corrected chi connectivity index (χ4v) is 2.76. The molecule has 1 aromatic rings. The Hall–Kier alpha value is -2.04. The summed E-state index contributed by atoms with van der Waals surface area (Å²) in [5.41, 5.74) is -0.00264. The zero-order valence-electron chi connectivity index (χ0n) is 12.5. The average molecular weight is 291 g/mol.